The normalized spacial score (nSPS) is 12.1. The Balaban J connectivity index is 3.12. The quantitative estimate of drug-likeness (QED) is 0.288. The van der Waals surface area contributed by atoms with Gasteiger partial charge in [-0.05, 0) is 11.3 Å². The number of hydrogen-bond acceptors (Lipinski definition) is 2. The highest BCUT2D eigenvalue weighted by Gasteiger charge is 1.90. The molecule has 0 aromatic carbocycles. The van der Waals surface area contributed by atoms with E-state index in [2.05, 4.69) is 11.8 Å². The van der Waals surface area contributed by atoms with E-state index in [-0.39, 0.29) is 0 Å². The number of nitrogens with zero attached hydrogens (tertiary/aromatic N) is 1. The molecule has 2 nitrogen and oxygen atoms in total. The zero-order chi connectivity index (χ0) is 6.41. The Morgan fingerprint density at radius 3 is 2.75 bits per heavy atom. The summed E-state index contributed by atoms with van der Waals surface area (Å²) < 4.78 is 0. The second-order valence-electron chi connectivity index (χ2n) is 1.54. The van der Waals surface area contributed by atoms with Gasteiger partial charge in [-0.3, -0.25) is 0 Å². The monoisotopic (exact) mass is 150 g/mol. The SMILES string of the molecule is CCCC[P+]([S-])=NN. The molecule has 48 valence electrons. The zero-order valence-electron chi connectivity index (χ0n) is 5.00. The molecule has 2 N–H and O–H groups in total. The van der Waals surface area contributed by atoms with Gasteiger partial charge in [0, 0.05) is 0 Å². The molecule has 0 aromatic rings. The minimum absolute atomic E-state index is 0.598. The lowest BCUT2D eigenvalue weighted by atomic mass is 10.4. The molecule has 0 amide bonds. The van der Waals surface area contributed by atoms with Crippen molar-refractivity contribution in [2.45, 2.75) is 19.8 Å². The van der Waals surface area contributed by atoms with E-state index in [4.69, 9.17) is 18.1 Å². The van der Waals surface area contributed by atoms with E-state index < -0.39 is 6.92 Å². The lowest BCUT2D eigenvalue weighted by Crippen LogP contribution is -1.78. The molecule has 0 saturated heterocycles. The summed E-state index contributed by atoms with van der Waals surface area (Å²) in [6.45, 7) is 1.54. The van der Waals surface area contributed by atoms with Crippen LogP contribution in [-0.4, -0.2) is 6.16 Å². The van der Waals surface area contributed by atoms with Crippen LogP contribution in [-0.2, 0) is 12.2 Å². The lowest BCUT2D eigenvalue weighted by Gasteiger charge is -1.90. The van der Waals surface area contributed by atoms with Crippen molar-refractivity contribution in [1.29, 1.82) is 0 Å². The second-order valence-corrected chi connectivity index (χ2v) is 4.19. The first-order valence-corrected chi connectivity index (χ1v) is 5.16. The van der Waals surface area contributed by atoms with Gasteiger partial charge in [0.05, 0.1) is 6.92 Å². The molecule has 0 aliphatic carbocycles. The molecule has 1 unspecified atom stereocenters. The van der Waals surface area contributed by atoms with Gasteiger partial charge in [0.1, 0.15) is 6.16 Å². The minimum atomic E-state index is -0.598. The highest BCUT2D eigenvalue weighted by molar-refractivity contribution is 8.28. The Morgan fingerprint density at radius 2 is 2.38 bits per heavy atom. The average Bonchev–Trinajstić information content (AvgIpc) is 1.83. The molecule has 0 rings (SSSR count). The fourth-order valence-electron chi connectivity index (χ4n) is 0.351. The van der Waals surface area contributed by atoms with Gasteiger partial charge in [-0.1, -0.05) is 13.3 Å². The maximum absolute atomic E-state index is 4.96. The molecule has 8 heavy (non-hydrogen) atoms. The predicted molar refractivity (Wildman–Crippen MR) is 40.7 cm³/mol. The summed E-state index contributed by atoms with van der Waals surface area (Å²) >= 11 is 4.88. The van der Waals surface area contributed by atoms with Crippen LogP contribution in [0.2, 0.25) is 0 Å². The zero-order valence-corrected chi connectivity index (χ0v) is 6.71. The summed E-state index contributed by atoms with van der Waals surface area (Å²) in [5.74, 6) is 4.96. The summed E-state index contributed by atoms with van der Waals surface area (Å²) in [5, 5.41) is 0. The van der Waals surface area contributed by atoms with Crippen LogP contribution < -0.4 is 5.84 Å². The summed E-state index contributed by atoms with van der Waals surface area (Å²) in [5.41, 5.74) is 0. The van der Waals surface area contributed by atoms with E-state index in [0.29, 0.717) is 0 Å². The number of rotatable bonds is 3. The summed E-state index contributed by atoms with van der Waals surface area (Å²) in [4.78, 5) is 3.51. The highest BCUT2D eigenvalue weighted by atomic mass is 32.7. The van der Waals surface area contributed by atoms with Gasteiger partial charge in [0.25, 0.3) is 0 Å². The van der Waals surface area contributed by atoms with Crippen LogP contribution in [0, 0.1) is 0 Å². The molecule has 0 aliphatic rings. The van der Waals surface area contributed by atoms with Crippen LogP contribution in [0.5, 0.6) is 0 Å². The molecule has 0 radical (unpaired) electrons. The topological polar surface area (TPSA) is 38.4 Å². The predicted octanol–water partition coefficient (Wildman–Crippen LogP) is 1.79. The third-order valence-electron chi connectivity index (χ3n) is 0.832. The van der Waals surface area contributed by atoms with Gasteiger partial charge >= 0.3 is 0 Å². The fourth-order valence-corrected chi connectivity index (χ4v) is 1.44. The van der Waals surface area contributed by atoms with Crippen molar-refractivity contribution in [3.63, 3.8) is 0 Å². The molecule has 0 fully saturated rings. The Morgan fingerprint density at radius 1 is 1.75 bits per heavy atom. The number of unbranched alkanes of at least 4 members (excludes halogenated alkanes) is 1. The van der Waals surface area contributed by atoms with Crippen LogP contribution in [0.3, 0.4) is 0 Å². The molecule has 0 aromatic heterocycles. The van der Waals surface area contributed by atoms with E-state index in [9.17, 15) is 0 Å². The fraction of sp³-hybridized carbons (Fsp3) is 1.00. The van der Waals surface area contributed by atoms with Gasteiger partial charge < -0.3 is 12.2 Å². The van der Waals surface area contributed by atoms with Crippen molar-refractivity contribution in [1.82, 2.24) is 0 Å². The number of nitrogens with two attached hydrogens (primary N) is 1. The lowest BCUT2D eigenvalue weighted by molar-refractivity contribution is 0.894. The van der Waals surface area contributed by atoms with E-state index in [0.717, 1.165) is 12.6 Å². The maximum atomic E-state index is 4.96. The van der Waals surface area contributed by atoms with Crippen molar-refractivity contribution in [3.8, 4) is 0 Å². The molecule has 0 heterocycles. The van der Waals surface area contributed by atoms with Crippen molar-refractivity contribution >= 4 is 19.2 Å². The highest BCUT2D eigenvalue weighted by Crippen LogP contribution is 2.20. The molecule has 0 spiro atoms. The van der Waals surface area contributed by atoms with Crippen LogP contribution in [0.25, 0.3) is 0 Å². The van der Waals surface area contributed by atoms with Gasteiger partial charge in [-0.15, -0.1) is 0 Å². The summed E-state index contributed by atoms with van der Waals surface area (Å²) in [6, 6.07) is 0. The van der Waals surface area contributed by atoms with E-state index in [1.165, 1.54) is 6.42 Å². The third kappa shape index (κ3) is 4.57. The first-order valence-electron chi connectivity index (χ1n) is 2.66. The van der Waals surface area contributed by atoms with Gasteiger partial charge in [-0.2, -0.15) is 5.84 Å². The third-order valence-corrected chi connectivity index (χ3v) is 2.62. The van der Waals surface area contributed by atoms with Crippen LogP contribution >= 0.6 is 6.92 Å². The molecule has 0 bridgehead atoms. The smallest absolute Gasteiger partial charge is 0.107 e. The largest absolute Gasteiger partial charge is 0.467 e. The maximum Gasteiger partial charge on any atom is 0.107 e. The van der Waals surface area contributed by atoms with E-state index in [1.54, 1.807) is 0 Å². The Kier molecular flexibility index (Phi) is 5.83. The Hall–Kier alpha value is 0.410. The first-order chi connectivity index (χ1) is 3.81. The molecule has 0 saturated carbocycles. The molecular weight excluding hydrogens is 139 g/mol. The summed E-state index contributed by atoms with van der Waals surface area (Å²) in [6.07, 6.45) is 3.36. The number of hydrogen-bond donors (Lipinski definition) is 1. The standard InChI is InChI=1S/C4H11N2PS/c1-2-3-4-7(8)6-5/h2-5H2,1H3. The van der Waals surface area contributed by atoms with Crippen LogP contribution in [0.15, 0.2) is 4.85 Å². The van der Waals surface area contributed by atoms with Crippen molar-refractivity contribution in [2.75, 3.05) is 6.16 Å². The van der Waals surface area contributed by atoms with Crippen LogP contribution in [0.4, 0.5) is 0 Å². The Bertz CT molecular complexity index is 84.1. The first kappa shape index (κ1) is 8.41. The van der Waals surface area contributed by atoms with E-state index in [1.807, 2.05) is 0 Å². The summed E-state index contributed by atoms with van der Waals surface area (Å²) in [7, 11) is 0. The second kappa shape index (κ2) is 5.54. The Labute approximate surface area is 56.5 Å². The average molecular weight is 150 g/mol. The van der Waals surface area contributed by atoms with Crippen molar-refractivity contribution in [3.05, 3.63) is 0 Å². The van der Waals surface area contributed by atoms with E-state index >= 15 is 0 Å². The molecular formula is C4H11N2PS. The molecule has 1 atom stereocenters. The van der Waals surface area contributed by atoms with Gasteiger partial charge in [0.15, 0.2) is 0 Å². The minimum Gasteiger partial charge on any atom is -0.467 e. The molecule has 0 aliphatic heterocycles. The van der Waals surface area contributed by atoms with Crippen molar-refractivity contribution in [2.24, 2.45) is 10.7 Å². The van der Waals surface area contributed by atoms with Crippen LogP contribution in [0.1, 0.15) is 19.8 Å². The van der Waals surface area contributed by atoms with Gasteiger partial charge in [-0.25, -0.2) is 0 Å². The molecule has 4 heteroatoms. The van der Waals surface area contributed by atoms with Crippen molar-refractivity contribution < 1.29 is 0 Å². The van der Waals surface area contributed by atoms with Gasteiger partial charge in [0.2, 0.25) is 0 Å².